The molecule has 2 aromatic heterocycles. The highest BCUT2D eigenvalue weighted by atomic mass is 19.4. The Morgan fingerprint density at radius 3 is 2.55 bits per heavy atom. The van der Waals surface area contributed by atoms with Crippen LogP contribution >= 0.6 is 0 Å². The lowest BCUT2D eigenvalue weighted by atomic mass is 10.2. The van der Waals surface area contributed by atoms with E-state index in [1.54, 1.807) is 13.0 Å². The van der Waals surface area contributed by atoms with Crippen LogP contribution in [0, 0.1) is 13.8 Å². The number of nitrogens with zero attached hydrogens (tertiary/aromatic N) is 4. The lowest BCUT2D eigenvalue weighted by molar-refractivity contribution is -0.141. The number of aromatic nitrogens is 4. The number of benzene rings is 1. The van der Waals surface area contributed by atoms with Gasteiger partial charge in [-0.15, -0.1) is 0 Å². The molecule has 4 rings (SSSR count). The van der Waals surface area contributed by atoms with Gasteiger partial charge in [0.25, 0.3) is 0 Å². The number of aryl methyl sites for hydroxylation is 2. The van der Waals surface area contributed by atoms with Crippen molar-refractivity contribution in [1.82, 2.24) is 19.6 Å². The second-order valence-corrected chi connectivity index (χ2v) is 8.12. The molecular formula is C22H24F3N5O. The van der Waals surface area contributed by atoms with Crippen LogP contribution in [-0.4, -0.2) is 25.5 Å². The van der Waals surface area contributed by atoms with Crippen LogP contribution in [0.25, 0.3) is 0 Å². The molecule has 1 aliphatic carbocycles. The van der Waals surface area contributed by atoms with E-state index in [4.69, 9.17) is 0 Å². The maximum atomic E-state index is 13.1. The summed E-state index contributed by atoms with van der Waals surface area (Å²) in [5.74, 6) is -0.384. The third-order valence-electron chi connectivity index (χ3n) is 5.43. The molecule has 1 aliphatic rings. The van der Waals surface area contributed by atoms with E-state index in [1.165, 1.54) is 4.68 Å². The number of amides is 1. The van der Waals surface area contributed by atoms with E-state index in [2.05, 4.69) is 15.5 Å². The molecule has 2 heterocycles. The Balaban J connectivity index is 1.51. The van der Waals surface area contributed by atoms with Crippen LogP contribution in [0.5, 0.6) is 0 Å². The molecule has 0 radical (unpaired) electrons. The van der Waals surface area contributed by atoms with Crippen molar-refractivity contribution < 1.29 is 18.0 Å². The Morgan fingerprint density at radius 1 is 1.19 bits per heavy atom. The van der Waals surface area contributed by atoms with Crippen LogP contribution in [0.1, 0.15) is 60.1 Å². The average molecular weight is 431 g/mol. The minimum absolute atomic E-state index is 0.0305. The highest BCUT2D eigenvalue weighted by Gasteiger charge is 2.39. The van der Waals surface area contributed by atoms with Crippen molar-refractivity contribution in [2.75, 3.05) is 5.32 Å². The lowest BCUT2D eigenvalue weighted by Crippen LogP contribution is -2.26. The quantitative estimate of drug-likeness (QED) is 0.607. The lowest BCUT2D eigenvalue weighted by Gasteiger charge is -2.16. The fourth-order valence-electron chi connectivity index (χ4n) is 3.65. The summed E-state index contributed by atoms with van der Waals surface area (Å²) in [6.07, 6.45) is -2.92. The minimum atomic E-state index is -4.54. The predicted octanol–water partition coefficient (Wildman–Crippen LogP) is 4.84. The van der Waals surface area contributed by atoms with E-state index >= 15 is 0 Å². The summed E-state index contributed by atoms with van der Waals surface area (Å²) < 4.78 is 42.5. The molecular weight excluding hydrogens is 407 g/mol. The molecule has 0 saturated heterocycles. The molecule has 3 aromatic rings. The first kappa shape index (κ1) is 21.1. The van der Waals surface area contributed by atoms with Gasteiger partial charge in [0.15, 0.2) is 5.69 Å². The summed E-state index contributed by atoms with van der Waals surface area (Å²) in [6.45, 7) is 6.02. The zero-order chi connectivity index (χ0) is 22.3. The van der Waals surface area contributed by atoms with Crippen LogP contribution in [0.2, 0.25) is 0 Å². The van der Waals surface area contributed by atoms with Gasteiger partial charge in [-0.25, -0.2) is 0 Å². The number of rotatable bonds is 6. The first-order valence-electron chi connectivity index (χ1n) is 10.2. The molecule has 1 saturated carbocycles. The van der Waals surface area contributed by atoms with Crippen molar-refractivity contribution in [2.24, 2.45) is 0 Å². The number of hydrogen-bond donors (Lipinski definition) is 1. The zero-order valence-electron chi connectivity index (χ0n) is 17.6. The highest BCUT2D eigenvalue weighted by Crippen LogP contribution is 2.43. The van der Waals surface area contributed by atoms with Crippen molar-refractivity contribution in [3.8, 4) is 0 Å². The van der Waals surface area contributed by atoms with E-state index in [9.17, 15) is 18.0 Å². The molecule has 0 bridgehead atoms. The van der Waals surface area contributed by atoms with Crippen LogP contribution in [0.15, 0.2) is 36.4 Å². The SMILES string of the molecule is Cc1cc(C)n(Cc2cccc(NC(=O)C(C)n3nc(C(F)(F)F)cc3C3CC3)c2)n1. The standard InChI is InChI=1S/C22H24F3N5O/c1-13-9-14(2)29(27-13)12-16-5-4-6-18(10-16)26-21(31)15(3)30-19(17-7-8-17)11-20(28-30)22(23,24)25/h4-6,9-11,15,17H,7-8,12H2,1-3H3,(H,26,31). The Bertz CT molecular complexity index is 1110. The smallest absolute Gasteiger partial charge is 0.324 e. The van der Waals surface area contributed by atoms with E-state index < -0.39 is 23.8 Å². The van der Waals surface area contributed by atoms with Crippen LogP contribution in [-0.2, 0) is 17.5 Å². The number of nitrogens with one attached hydrogen (secondary N) is 1. The molecule has 31 heavy (non-hydrogen) atoms. The van der Waals surface area contributed by atoms with Gasteiger partial charge in [-0.2, -0.15) is 23.4 Å². The second kappa shape index (κ2) is 7.86. The van der Waals surface area contributed by atoms with Gasteiger partial charge in [0, 0.05) is 23.0 Å². The van der Waals surface area contributed by atoms with Gasteiger partial charge < -0.3 is 5.32 Å². The Labute approximate surface area is 178 Å². The highest BCUT2D eigenvalue weighted by molar-refractivity contribution is 5.93. The number of alkyl halides is 3. The summed E-state index contributed by atoms with van der Waals surface area (Å²) in [6, 6.07) is 9.54. The molecule has 6 nitrogen and oxygen atoms in total. The van der Waals surface area contributed by atoms with Gasteiger partial charge >= 0.3 is 6.18 Å². The summed E-state index contributed by atoms with van der Waals surface area (Å²) >= 11 is 0. The van der Waals surface area contributed by atoms with E-state index in [-0.39, 0.29) is 5.92 Å². The maximum Gasteiger partial charge on any atom is 0.435 e. The van der Waals surface area contributed by atoms with Gasteiger partial charge in [-0.05, 0) is 63.4 Å². The van der Waals surface area contributed by atoms with Gasteiger partial charge in [0.05, 0.1) is 12.2 Å². The minimum Gasteiger partial charge on any atom is -0.324 e. The predicted molar refractivity (Wildman–Crippen MR) is 110 cm³/mol. The Morgan fingerprint density at radius 2 is 1.94 bits per heavy atom. The van der Waals surface area contributed by atoms with Crippen LogP contribution < -0.4 is 5.32 Å². The zero-order valence-corrected chi connectivity index (χ0v) is 17.6. The van der Waals surface area contributed by atoms with Crippen molar-refractivity contribution in [1.29, 1.82) is 0 Å². The summed E-state index contributed by atoms with van der Waals surface area (Å²) in [5.41, 5.74) is 3.00. The fraction of sp³-hybridized carbons (Fsp3) is 0.409. The van der Waals surface area contributed by atoms with Gasteiger partial charge in [0.2, 0.25) is 5.91 Å². The molecule has 9 heteroatoms. The van der Waals surface area contributed by atoms with Gasteiger partial charge in [0.1, 0.15) is 6.04 Å². The topological polar surface area (TPSA) is 64.7 Å². The van der Waals surface area contributed by atoms with Crippen molar-refractivity contribution >= 4 is 11.6 Å². The van der Waals surface area contributed by atoms with E-state index in [0.29, 0.717) is 17.9 Å². The van der Waals surface area contributed by atoms with Gasteiger partial charge in [-0.3, -0.25) is 14.2 Å². The number of carbonyl (C=O) groups is 1. The number of hydrogen-bond acceptors (Lipinski definition) is 3. The molecule has 0 aliphatic heterocycles. The summed E-state index contributed by atoms with van der Waals surface area (Å²) in [5, 5.41) is 11.0. The van der Waals surface area contributed by atoms with Crippen molar-refractivity contribution in [2.45, 2.75) is 58.3 Å². The first-order chi connectivity index (χ1) is 14.6. The molecule has 1 N–H and O–H groups in total. The van der Waals surface area contributed by atoms with Crippen LogP contribution in [0.4, 0.5) is 18.9 Å². The van der Waals surface area contributed by atoms with Gasteiger partial charge in [-0.1, -0.05) is 12.1 Å². The number of halogens is 3. The van der Waals surface area contributed by atoms with E-state index in [1.807, 2.05) is 42.8 Å². The molecule has 1 amide bonds. The number of anilines is 1. The third-order valence-corrected chi connectivity index (χ3v) is 5.43. The maximum absolute atomic E-state index is 13.1. The largest absolute Gasteiger partial charge is 0.435 e. The van der Waals surface area contributed by atoms with E-state index in [0.717, 1.165) is 35.9 Å². The third kappa shape index (κ3) is 4.65. The average Bonchev–Trinajstić information content (AvgIpc) is 3.35. The first-order valence-corrected chi connectivity index (χ1v) is 10.2. The van der Waals surface area contributed by atoms with Crippen molar-refractivity contribution in [3.63, 3.8) is 0 Å². The molecule has 1 unspecified atom stereocenters. The molecule has 1 aromatic carbocycles. The monoisotopic (exact) mass is 431 g/mol. The molecule has 1 fully saturated rings. The summed E-state index contributed by atoms with van der Waals surface area (Å²) in [7, 11) is 0. The van der Waals surface area contributed by atoms with Crippen molar-refractivity contribution in [3.05, 3.63) is 64.7 Å². The summed E-state index contributed by atoms with van der Waals surface area (Å²) in [4.78, 5) is 12.8. The Hall–Kier alpha value is -3.10. The number of carbonyl (C=O) groups excluding carboxylic acids is 1. The Kier molecular flexibility index (Phi) is 5.36. The van der Waals surface area contributed by atoms with Crippen LogP contribution in [0.3, 0.4) is 0 Å². The molecule has 1 atom stereocenters. The molecule has 164 valence electrons. The molecule has 0 spiro atoms. The normalized spacial score (nSPS) is 15.2. The second-order valence-electron chi connectivity index (χ2n) is 8.12. The fourth-order valence-corrected chi connectivity index (χ4v) is 3.65.